The van der Waals surface area contributed by atoms with Gasteiger partial charge in [0.15, 0.2) is 11.1 Å². The largest absolute Gasteiger partial charge is 0.476 e. The molecule has 0 radical (unpaired) electrons. The quantitative estimate of drug-likeness (QED) is 0.365. The molecule has 0 heterocycles. The Hall–Kier alpha value is -1.13. The van der Waals surface area contributed by atoms with E-state index < -0.39 is 22.6 Å². The molecule has 1 atom stereocenters. The van der Waals surface area contributed by atoms with Crippen molar-refractivity contribution in [2.45, 2.75) is 30.5 Å². The van der Waals surface area contributed by atoms with Gasteiger partial charge >= 0.3 is 18.3 Å². The molecule has 9 heteroatoms. The summed E-state index contributed by atoms with van der Waals surface area (Å²) in [4.78, 5) is 2.39. The number of alkyl halides is 5. The van der Waals surface area contributed by atoms with Crippen molar-refractivity contribution in [3.63, 3.8) is 0 Å². The van der Waals surface area contributed by atoms with Gasteiger partial charge in [0, 0.05) is 0 Å². The van der Waals surface area contributed by atoms with E-state index in [1.165, 1.54) is 13.8 Å². The molecule has 0 spiro atoms. The first-order chi connectivity index (χ1) is 8.02. The van der Waals surface area contributed by atoms with Crippen LogP contribution in [-0.4, -0.2) is 21.7 Å². The highest BCUT2D eigenvalue weighted by Gasteiger charge is 2.59. The summed E-state index contributed by atoms with van der Waals surface area (Å²) in [7, 11) is 0. The smallest absolute Gasteiger partial charge is 0.429 e. The predicted molar refractivity (Wildman–Crippen MR) is 60.6 cm³/mol. The Morgan fingerprint density at radius 3 is 2.28 bits per heavy atom. The van der Waals surface area contributed by atoms with Gasteiger partial charge in [-0.3, -0.25) is 0 Å². The molecule has 1 N–H and O–H groups in total. The molecule has 0 bridgehead atoms. The van der Waals surface area contributed by atoms with Crippen molar-refractivity contribution < 1.29 is 23.0 Å². The maximum Gasteiger partial charge on any atom is 0.429 e. The summed E-state index contributed by atoms with van der Waals surface area (Å²) in [6.45, 7) is 2.99. The summed E-state index contributed by atoms with van der Waals surface area (Å²) in [6.07, 6.45) is -5.51. The lowest BCUT2D eigenvalue weighted by Crippen LogP contribution is -2.45. The summed E-state index contributed by atoms with van der Waals surface area (Å²) in [5, 5.41) is 17.1. The van der Waals surface area contributed by atoms with Crippen LogP contribution in [0.5, 0.6) is 0 Å². The van der Waals surface area contributed by atoms with Gasteiger partial charge in [0.25, 0.3) is 4.33 Å². The minimum atomic E-state index is -4.98. The Kier molecular flexibility index (Phi) is 5.77. The zero-order chi connectivity index (χ0) is 14.6. The molecule has 0 saturated heterocycles. The van der Waals surface area contributed by atoms with Crippen molar-refractivity contribution in [1.29, 1.82) is 5.39 Å². The normalized spacial score (nSPS) is 14.7. The molecule has 0 aromatic carbocycles. The number of allylic oxidation sites excluding steroid dienone is 1. The lowest BCUT2D eigenvalue weighted by molar-refractivity contribution is -0.162. The van der Waals surface area contributed by atoms with Crippen LogP contribution >= 0.6 is 23.2 Å². The van der Waals surface area contributed by atoms with Crippen LogP contribution in [0.2, 0.25) is 0 Å². The fourth-order valence-corrected chi connectivity index (χ4v) is 1.10. The SMILES string of the molecule is CC(C)=CC(O/C(O)=[14CH]/[N+]#N)C(Cl)(Cl)C(F)(F)F. The number of ether oxygens (including phenoxy) is 1. The summed E-state index contributed by atoms with van der Waals surface area (Å²) in [6, 6.07) is 0. The lowest BCUT2D eigenvalue weighted by atomic mass is 10.1. The standard InChI is InChI=1S/C9H9Cl2F3N2O2/c1-5(2)3-6(18-7(17)4-16-15)8(10,11)9(12,13)14/h3-4,6H,1-2H3/p+1/b7-4+/i4+2. The molecule has 0 aromatic heterocycles. The molecule has 0 fully saturated rings. The third kappa shape index (κ3) is 4.63. The molecule has 0 aliphatic rings. The van der Waals surface area contributed by atoms with E-state index in [0.717, 1.165) is 6.08 Å². The van der Waals surface area contributed by atoms with E-state index in [9.17, 15) is 13.2 Å². The molecular formula is C9H10Cl2F3N2O2+. The fraction of sp³-hybridized carbons (Fsp3) is 0.556. The van der Waals surface area contributed by atoms with Crippen molar-refractivity contribution >= 4 is 23.2 Å². The van der Waals surface area contributed by atoms with Gasteiger partial charge in [-0.1, -0.05) is 28.8 Å². The van der Waals surface area contributed by atoms with Crippen LogP contribution in [-0.2, 0) is 4.74 Å². The minimum Gasteiger partial charge on any atom is -0.476 e. The summed E-state index contributed by atoms with van der Waals surface area (Å²) in [5.74, 6) is -1.06. The Bertz CT molecular complexity index is 396. The zero-order valence-corrected chi connectivity index (χ0v) is 10.9. The molecule has 0 aliphatic heterocycles. The Morgan fingerprint density at radius 2 is 1.94 bits per heavy atom. The van der Waals surface area contributed by atoms with Gasteiger partial charge in [0.2, 0.25) is 5.39 Å². The van der Waals surface area contributed by atoms with Crippen LogP contribution < -0.4 is 0 Å². The molecule has 0 saturated carbocycles. The molecule has 102 valence electrons. The van der Waals surface area contributed by atoms with E-state index in [1.54, 1.807) is 0 Å². The number of aliphatic hydroxyl groups excluding tert-OH is 1. The second kappa shape index (κ2) is 6.16. The highest BCUT2D eigenvalue weighted by atomic mass is 35.5. The summed E-state index contributed by atoms with van der Waals surface area (Å²) < 4.78 is 39.1. The molecule has 0 rings (SSSR count). The number of halogens is 5. The molecule has 0 aliphatic carbocycles. The van der Waals surface area contributed by atoms with Gasteiger partial charge in [-0.2, -0.15) is 13.2 Å². The average Bonchev–Trinajstić information content (AvgIpc) is 2.14. The van der Waals surface area contributed by atoms with Crippen LogP contribution in [0.4, 0.5) is 13.2 Å². The number of aliphatic hydroxyl groups is 1. The molecule has 0 aromatic rings. The van der Waals surface area contributed by atoms with Crippen molar-refractivity contribution in [3.8, 4) is 0 Å². The molecular weight excluding hydrogens is 298 g/mol. The average molecular weight is 308 g/mol. The monoisotopic (exact) mass is 307 g/mol. The van der Waals surface area contributed by atoms with Gasteiger partial charge in [0.1, 0.15) is 0 Å². The topological polar surface area (TPSA) is 57.6 Å². The van der Waals surface area contributed by atoms with E-state index in [1.807, 2.05) is 0 Å². The van der Waals surface area contributed by atoms with E-state index in [2.05, 4.69) is 9.71 Å². The van der Waals surface area contributed by atoms with E-state index in [4.69, 9.17) is 33.7 Å². The molecule has 4 nitrogen and oxygen atoms in total. The zero-order valence-electron chi connectivity index (χ0n) is 9.37. The van der Waals surface area contributed by atoms with Crippen molar-refractivity contribution in [3.05, 3.63) is 28.8 Å². The maximum absolute atomic E-state index is 12.6. The summed E-state index contributed by atoms with van der Waals surface area (Å²) >= 11 is 10.4. The van der Waals surface area contributed by atoms with Crippen molar-refractivity contribution in [2.24, 2.45) is 0 Å². The van der Waals surface area contributed by atoms with Crippen LogP contribution in [0, 0.1) is 5.39 Å². The number of hydrogen-bond acceptors (Lipinski definition) is 3. The van der Waals surface area contributed by atoms with Crippen LogP contribution in [0.25, 0.3) is 4.98 Å². The van der Waals surface area contributed by atoms with Crippen molar-refractivity contribution in [1.82, 2.24) is 0 Å². The Labute approximate surface area is 111 Å². The highest BCUT2D eigenvalue weighted by molar-refractivity contribution is 6.49. The van der Waals surface area contributed by atoms with E-state index in [0.29, 0.717) is 11.8 Å². The minimum absolute atomic E-state index is 0.395. The second-order valence-electron chi connectivity index (χ2n) is 3.49. The van der Waals surface area contributed by atoms with Gasteiger partial charge < -0.3 is 9.84 Å². The van der Waals surface area contributed by atoms with Crippen LogP contribution in [0.15, 0.2) is 23.8 Å². The van der Waals surface area contributed by atoms with Crippen molar-refractivity contribution in [2.75, 3.05) is 0 Å². The molecule has 0 amide bonds. The Morgan fingerprint density at radius 1 is 1.44 bits per heavy atom. The Balaban J connectivity index is 5.34. The summed E-state index contributed by atoms with van der Waals surface area (Å²) in [5.41, 5.74) is 0.434. The van der Waals surface area contributed by atoms with Gasteiger partial charge in [-0.25, -0.2) is 0 Å². The predicted octanol–water partition coefficient (Wildman–Crippen LogP) is 4.28. The molecule has 18 heavy (non-hydrogen) atoms. The van der Waals surface area contributed by atoms with Crippen LogP contribution in [0.1, 0.15) is 13.8 Å². The van der Waals surface area contributed by atoms with Gasteiger partial charge in [0.05, 0.1) is 0 Å². The van der Waals surface area contributed by atoms with E-state index >= 15 is 0 Å². The first-order valence-electron chi connectivity index (χ1n) is 4.52. The first-order valence-corrected chi connectivity index (χ1v) is 5.27. The fourth-order valence-electron chi connectivity index (χ4n) is 0.887. The third-order valence-electron chi connectivity index (χ3n) is 1.64. The maximum atomic E-state index is 12.6. The number of diazo groups is 1. The highest BCUT2D eigenvalue weighted by Crippen LogP contribution is 2.44. The first kappa shape index (κ1) is 16.9. The van der Waals surface area contributed by atoms with E-state index in [-0.39, 0.29) is 0 Å². The lowest BCUT2D eigenvalue weighted by Gasteiger charge is -2.29. The second-order valence-corrected chi connectivity index (χ2v) is 4.87. The molecule has 1 unspecified atom stereocenters. The van der Waals surface area contributed by atoms with Gasteiger partial charge in [-0.15, -0.1) is 0 Å². The third-order valence-corrected chi connectivity index (χ3v) is 2.49. The number of hydrogen-bond donors (Lipinski definition) is 1. The van der Waals surface area contributed by atoms with Gasteiger partial charge in [-0.05, 0) is 19.9 Å². The van der Waals surface area contributed by atoms with Crippen LogP contribution in [0.3, 0.4) is 0 Å². The number of rotatable bonds is 4. The number of nitrogens with zero attached hydrogens (tertiary/aromatic N) is 2.